The minimum Gasteiger partial charge on any atom is -0.388 e. The van der Waals surface area contributed by atoms with E-state index in [4.69, 9.17) is 0 Å². The molecular weight excluding hydrogens is 232 g/mol. The normalized spacial score (nSPS) is 14.1. The molecule has 0 fully saturated rings. The van der Waals surface area contributed by atoms with Crippen molar-refractivity contribution >= 4 is 11.7 Å². The van der Waals surface area contributed by atoms with Crippen molar-refractivity contribution in [3.63, 3.8) is 0 Å². The van der Waals surface area contributed by atoms with Gasteiger partial charge in [-0.25, -0.2) is 0 Å². The van der Waals surface area contributed by atoms with Gasteiger partial charge in [-0.1, -0.05) is 6.92 Å². The van der Waals surface area contributed by atoms with Gasteiger partial charge in [0.2, 0.25) is 0 Å². The third kappa shape index (κ3) is 3.43. The Morgan fingerprint density at radius 1 is 1.50 bits per heavy atom. The van der Waals surface area contributed by atoms with Crippen molar-refractivity contribution in [3.8, 4) is 0 Å². The molecule has 1 unspecified atom stereocenters. The van der Waals surface area contributed by atoms with Gasteiger partial charge in [0.15, 0.2) is 5.78 Å². The van der Waals surface area contributed by atoms with E-state index in [-0.39, 0.29) is 18.2 Å². The summed E-state index contributed by atoms with van der Waals surface area (Å²) in [7, 11) is 1.71. The van der Waals surface area contributed by atoms with Gasteiger partial charge in [-0.3, -0.25) is 9.59 Å². The van der Waals surface area contributed by atoms with Gasteiger partial charge in [0.05, 0.1) is 5.60 Å². The number of nitrogens with zero attached hydrogens (tertiary/aromatic N) is 1. The zero-order valence-electron chi connectivity index (χ0n) is 11.3. The standard InChI is InChI=1S/C13H20N2O3/c1-5-13(3,18)8-14-12(17)11-6-10(9(2)16)7-15(11)4/h6-7,18H,5,8H2,1-4H3,(H,14,17). The van der Waals surface area contributed by atoms with E-state index in [1.165, 1.54) is 6.92 Å². The Hall–Kier alpha value is -1.62. The number of carbonyl (C=O) groups is 2. The van der Waals surface area contributed by atoms with Crippen molar-refractivity contribution in [1.29, 1.82) is 0 Å². The number of hydrogen-bond donors (Lipinski definition) is 2. The first-order chi connectivity index (χ1) is 8.26. The summed E-state index contributed by atoms with van der Waals surface area (Å²) in [5.41, 5.74) is 0.00142. The predicted molar refractivity (Wildman–Crippen MR) is 68.7 cm³/mol. The average Bonchev–Trinajstić information content (AvgIpc) is 2.69. The summed E-state index contributed by atoms with van der Waals surface area (Å²) in [6.07, 6.45) is 2.17. The van der Waals surface area contributed by atoms with Gasteiger partial charge in [-0.2, -0.15) is 0 Å². The molecule has 18 heavy (non-hydrogen) atoms. The topological polar surface area (TPSA) is 71.3 Å². The molecule has 0 aliphatic carbocycles. The fraction of sp³-hybridized carbons (Fsp3) is 0.538. The van der Waals surface area contributed by atoms with Gasteiger partial charge >= 0.3 is 0 Å². The molecule has 0 spiro atoms. The van der Waals surface area contributed by atoms with Crippen molar-refractivity contribution in [1.82, 2.24) is 9.88 Å². The van der Waals surface area contributed by atoms with Gasteiger partial charge in [-0.05, 0) is 26.3 Å². The Morgan fingerprint density at radius 3 is 2.56 bits per heavy atom. The molecule has 100 valence electrons. The highest BCUT2D eigenvalue weighted by Gasteiger charge is 2.20. The molecule has 2 N–H and O–H groups in total. The third-order valence-electron chi connectivity index (χ3n) is 3.04. The summed E-state index contributed by atoms with van der Waals surface area (Å²) in [6.45, 7) is 5.16. The van der Waals surface area contributed by atoms with Crippen LogP contribution in [0.5, 0.6) is 0 Å². The lowest BCUT2D eigenvalue weighted by molar-refractivity contribution is 0.0516. The summed E-state index contributed by atoms with van der Waals surface area (Å²) in [4.78, 5) is 23.1. The quantitative estimate of drug-likeness (QED) is 0.771. The van der Waals surface area contributed by atoms with E-state index in [0.29, 0.717) is 17.7 Å². The number of hydrogen-bond acceptors (Lipinski definition) is 3. The number of amides is 1. The minimum absolute atomic E-state index is 0.0785. The van der Waals surface area contributed by atoms with Gasteiger partial charge in [0, 0.05) is 25.4 Å². The Morgan fingerprint density at radius 2 is 2.11 bits per heavy atom. The van der Waals surface area contributed by atoms with Crippen molar-refractivity contribution < 1.29 is 14.7 Å². The lowest BCUT2D eigenvalue weighted by Crippen LogP contribution is -2.40. The SMILES string of the molecule is CCC(C)(O)CNC(=O)c1cc(C(C)=O)cn1C. The number of carbonyl (C=O) groups excluding carboxylic acids is 2. The molecule has 1 aromatic heterocycles. The summed E-state index contributed by atoms with van der Waals surface area (Å²) >= 11 is 0. The lowest BCUT2D eigenvalue weighted by atomic mass is 10.0. The van der Waals surface area contributed by atoms with Crippen LogP contribution in [0.4, 0.5) is 0 Å². The Balaban J connectivity index is 2.76. The number of nitrogens with one attached hydrogen (secondary N) is 1. The molecular formula is C13H20N2O3. The van der Waals surface area contributed by atoms with Crippen LogP contribution in [-0.2, 0) is 7.05 Å². The highest BCUT2D eigenvalue weighted by molar-refractivity contribution is 5.99. The summed E-state index contributed by atoms with van der Waals surface area (Å²) in [5, 5.41) is 12.5. The Labute approximate surface area is 107 Å². The number of Topliss-reactive ketones (excluding diaryl/α,β-unsaturated/α-hetero) is 1. The summed E-state index contributed by atoms with van der Waals surface area (Å²) in [6, 6.07) is 1.55. The van der Waals surface area contributed by atoms with Crippen LogP contribution in [0.25, 0.3) is 0 Å². The van der Waals surface area contributed by atoms with Crippen LogP contribution in [0.15, 0.2) is 12.3 Å². The lowest BCUT2D eigenvalue weighted by Gasteiger charge is -2.21. The molecule has 0 radical (unpaired) electrons. The smallest absolute Gasteiger partial charge is 0.268 e. The second-order valence-corrected chi connectivity index (χ2v) is 4.81. The van der Waals surface area contributed by atoms with Crippen LogP contribution in [0.2, 0.25) is 0 Å². The molecule has 1 aromatic rings. The molecule has 0 aromatic carbocycles. The molecule has 0 aliphatic heterocycles. The Bertz CT molecular complexity index is 461. The zero-order valence-corrected chi connectivity index (χ0v) is 11.3. The van der Waals surface area contributed by atoms with E-state index in [0.717, 1.165) is 0 Å². The van der Waals surface area contributed by atoms with Crippen molar-refractivity contribution in [2.45, 2.75) is 32.8 Å². The van der Waals surface area contributed by atoms with E-state index in [2.05, 4.69) is 5.32 Å². The number of aromatic nitrogens is 1. The number of ketones is 1. The van der Waals surface area contributed by atoms with Crippen LogP contribution < -0.4 is 5.32 Å². The maximum atomic E-state index is 11.9. The van der Waals surface area contributed by atoms with Crippen molar-refractivity contribution in [3.05, 3.63) is 23.5 Å². The minimum atomic E-state index is -0.912. The van der Waals surface area contributed by atoms with E-state index >= 15 is 0 Å². The average molecular weight is 252 g/mol. The van der Waals surface area contributed by atoms with Crippen LogP contribution in [0.1, 0.15) is 48.0 Å². The Kier molecular flexibility index (Phi) is 4.29. The molecule has 5 nitrogen and oxygen atoms in total. The molecule has 1 rings (SSSR count). The highest BCUT2D eigenvalue weighted by atomic mass is 16.3. The van der Waals surface area contributed by atoms with E-state index in [1.54, 1.807) is 30.8 Å². The van der Waals surface area contributed by atoms with Crippen molar-refractivity contribution in [2.24, 2.45) is 7.05 Å². The summed E-state index contributed by atoms with van der Waals surface area (Å²) in [5.74, 6) is -0.371. The van der Waals surface area contributed by atoms with E-state index < -0.39 is 5.60 Å². The molecule has 0 saturated carbocycles. The second kappa shape index (κ2) is 5.35. The zero-order chi connectivity index (χ0) is 13.9. The molecule has 0 bridgehead atoms. The largest absolute Gasteiger partial charge is 0.388 e. The van der Waals surface area contributed by atoms with Crippen LogP contribution >= 0.6 is 0 Å². The molecule has 1 amide bonds. The molecule has 5 heteroatoms. The first kappa shape index (κ1) is 14.4. The van der Waals surface area contributed by atoms with Crippen LogP contribution in [-0.4, -0.2) is 33.5 Å². The summed E-state index contributed by atoms with van der Waals surface area (Å²) < 4.78 is 1.60. The third-order valence-corrected chi connectivity index (χ3v) is 3.04. The van der Waals surface area contributed by atoms with Crippen LogP contribution in [0, 0.1) is 0 Å². The number of rotatable bonds is 5. The molecule has 1 atom stereocenters. The van der Waals surface area contributed by atoms with Crippen LogP contribution in [0.3, 0.4) is 0 Å². The van der Waals surface area contributed by atoms with Gasteiger partial charge < -0.3 is 15.0 Å². The monoisotopic (exact) mass is 252 g/mol. The fourth-order valence-corrected chi connectivity index (χ4v) is 1.47. The first-order valence-electron chi connectivity index (χ1n) is 5.94. The van der Waals surface area contributed by atoms with Gasteiger partial charge in [-0.15, -0.1) is 0 Å². The maximum absolute atomic E-state index is 11.9. The molecule has 0 saturated heterocycles. The first-order valence-corrected chi connectivity index (χ1v) is 5.94. The van der Waals surface area contributed by atoms with Crippen molar-refractivity contribution in [2.75, 3.05) is 6.54 Å². The fourth-order valence-electron chi connectivity index (χ4n) is 1.47. The van der Waals surface area contributed by atoms with E-state index in [9.17, 15) is 14.7 Å². The predicted octanol–water partition coefficient (Wildman–Crippen LogP) is 1.12. The number of aliphatic hydroxyl groups is 1. The number of aryl methyl sites for hydroxylation is 1. The highest BCUT2D eigenvalue weighted by Crippen LogP contribution is 2.10. The van der Waals surface area contributed by atoms with E-state index in [1.807, 2.05) is 6.92 Å². The molecule has 1 heterocycles. The maximum Gasteiger partial charge on any atom is 0.268 e. The van der Waals surface area contributed by atoms with Gasteiger partial charge in [0.25, 0.3) is 5.91 Å². The molecule has 0 aliphatic rings. The van der Waals surface area contributed by atoms with Gasteiger partial charge in [0.1, 0.15) is 5.69 Å². The second-order valence-electron chi connectivity index (χ2n) is 4.81.